The fourth-order valence-corrected chi connectivity index (χ4v) is 3.46. The maximum absolute atomic E-state index is 13.1. The van der Waals surface area contributed by atoms with Crippen molar-refractivity contribution in [3.63, 3.8) is 0 Å². The number of ether oxygens (including phenoxy) is 2. The Bertz CT molecular complexity index is 761. The van der Waals surface area contributed by atoms with E-state index >= 15 is 0 Å². The summed E-state index contributed by atoms with van der Waals surface area (Å²) >= 11 is 0. The fourth-order valence-electron chi connectivity index (χ4n) is 3.46. The van der Waals surface area contributed by atoms with Gasteiger partial charge >= 0.3 is 0 Å². The first-order chi connectivity index (χ1) is 13.2. The molecule has 0 atom stereocenters. The lowest BCUT2D eigenvalue weighted by atomic mass is 9.96. The van der Waals surface area contributed by atoms with Crippen molar-refractivity contribution < 1.29 is 14.3 Å². The Morgan fingerprint density at radius 1 is 1.04 bits per heavy atom. The molecule has 1 fully saturated rings. The number of nitrogens with zero attached hydrogens (tertiary/aromatic N) is 1. The lowest BCUT2D eigenvalue weighted by molar-refractivity contribution is 0.0688. The minimum atomic E-state index is 0. The Hall–Kier alpha value is -2.24. The SMILES string of the molecule is CCOc1ccccc1Oc1ccccc1C(=O)N1CCC(CNC)CC1.Cl. The smallest absolute Gasteiger partial charge is 0.257 e. The Morgan fingerprint density at radius 2 is 1.64 bits per heavy atom. The highest BCUT2D eigenvalue weighted by molar-refractivity contribution is 5.97. The number of piperidine rings is 1. The van der Waals surface area contributed by atoms with Crippen LogP contribution in [0.5, 0.6) is 17.2 Å². The third-order valence-corrected chi connectivity index (χ3v) is 4.88. The molecule has 28 heavy (non-hydrogen) atoms. The molecule has 0 radical (unpaired) electrons. The average molecular weight is 405 g/mol. The summed E-state index contributed by atoms with van der Waals surface area (Å²) in [5.74, 6) is 2.53. The van der Waals surface area contributed by atoms with E-state index in [0.717, 1.165) is 32.5 Å². The molecule has 0 bridgehead atoms. The zero-order chi connectivity index (χ0) is 19.1. The van der Waals surface area contributed by atoms with Gasteiger partial charge in [0.15, 0.2) is 11.5 Å². The highest BCUT2D eigenvalue weighted by Crippen LogP contribution is 2.33. The van der Waals surface area contributed by atoms with Crippen molar-refractivity contribution in [1.82, 2.24) is 10.2 Å². The summed E-state index contributed by atoms with van der Waals surface area (Å²) in [4.78, 5) is 15.0. The molecule has 0 spiro atoms. The first-order valence-corrected chi connectivity index (χ1v) is 9.65. The minimum Gasteiger partial charge on any atom is -0.490 e. The summed E-state index contributed by atoms with van der Waals surface area (Å²) in [6.45, 7) is 5.08. The normalized spacial score (nSPS) is 14.3. The lowest BCUT2D eigenvalue weighted by Crippen LogP contribution is -2.40. The van der Waals surface area contributed by atoms with Crippen LogP contribution in [0.25, 0.3) is 0 Å². The molecule has 1 N–H and O–H groups in total. The molecule has 6 heteroatoms. The summed E-state index contributed by atoms with van der Waals surface area (Å²) in [6.07, 6.45) is 2.06. The van der Waals surface area contributed by atoms with Gasteiger partial charge in [-0.05, 0) is 63.5 Å². The molecule has 2 aromatic carbocycles. The van der Waals surface area contributed by atoms with Crippen LogP contribution in [0.4, 0.5) is 0 Å². The molecule has 1 heterocycles. The van der Waals surface area contributed by atoms with Crippen LogP contribution in [0.15, 0.2) is 48.5 Å². The third-order valence-electron chi connectivity index (χ3n) is 4.88. The molecule has 0 aromatic heterocycles. The van der Waals surface area contributed by atoms with Crippen molar-refractivity contribution in [1.29, 1.82) is 0 Å². The van der Waals surface area contributed by atoms with Gasteiger partial charge in [-0.3, -0.25) is 4.79 Å². The number of halogens is 1. The molecule has 152 valence electrons. The van der Waals surface area contributed by atoms with Crippen molar-refractivity contribution in [2.75, 3.05) is 33.3 Å². The second-order valence-electron chi connectivity index (χ2n) is 6.77. The molecule has 1 amide bonds. The molecule has 3 rings (SSSR count). The van der Waals surface area contributed by atoms with E-state index in [9.17, 15) is 4.79 Å². The maximum atomic E-state index is 13.1. The molecule has 1 aliphatic rings. The molecule has 5 nitrogen and oxygen atoms in total. The number of carbonyl (C=O) groups excluding carboxylic acids is 1. The van der Waals surface area contributed by atoms with Crippen molar-refractivity contribution >= 4 is 18.3 Å². The largest absolute Gasteiger partial charge is 0.490 e. The number of hydrogen-bond acceptors (Lipinski definition) is 4. The molecule has 0 unspecified atom stereocenters. The summed E-state index contributed by atoms with van der Waals surface area (Å²) in [6, 6.07) is 15.0. The second-order valence-corrected chi connectivity index (χ2v) is 6.77. The molecular weight excluding hydrogens is 376 g/mol. The van der Waals surface area contributed by atoms with Crippen molar-refractivity contribution in [2.24, 2.45) is 5.92 Å². The maximum Gasteiger partial charge on any atom is 0.257 e. The van der Waals surface area contributed by atoms with Crippen LogP contribution in [0.3, 0.4) is 0 Å². The summed E-state index contributed by atoms with van der Waals surface area (Å²) in [7, 11) is 1.98. The number of nitrogens with one attached hydrogen (secondary N) is 1. The van der Waals surface area contributed by atoms with E-state index in [4.69, 9.17) is 9.47 Å². The van der Waals surface area contributed by atoms with Gasteiger partial charge in [0.05, 0.1) is 12.2 Å². The number of likely N-dealkylation sites (tertiary alicyclic amines) is 1. The van der Waals surface area contributed by atoms with Crippen LogP contribution in [-0.2, 0) is 0 Å². The van der Waals surface area contributed by atoms with Gasteiger partial charge < -0.3 is 19.7 Å². The summed E-state index contributed by atoms with van der Waals surface area (Å²) in [5, 5.41) is 3.23. The summed E-state index contributed by atoms with van der Waals surface area (Å²) in [5.41, 5.74) is 0.593. The second kappa shape index (κ2) is 10.9. The minimum absolute atomic E-state index is 0. The van der Waals surface area contributed by atoms with Gasteiger partial charge in [-0.2, -0.15) is 0 Å². The van der Waals surface area contributed by atoms with E-state index in [0.29, 0.717) is 35.3 Å². The Balaban J connectivity index is 0.00000280. The number of benzene rings is 2. The number of amides is 1. The van der Waals surface area contributed by atoms with Crippen molar-refractivity contribution in [3.05, 3.63) is 54.1 Å². The average Bonchev–Trinajstić information content (AvgIpc) is 2.70. The van der Waals surface area contributed by atoms with Crippen LogP contribution < -0.4 is 14.8 Å². The quantitative estimate of drug-likeness (QED) is 0.744. The van der Waals surface area contributed by atoms with Crippen molar-refractivity contribution in [3.8, 4) is 17.2 Å². The predicted octanol–water partition coefficient (Wildman–Crippen LogP) is 4.37. The zero-order valence-electron chi connectivity index (χ0n) is 16.5. The Labute approximate surface area is 173 Å². The summed E-state index contributed by atoms with van der Waals surface area (Å²) < 4.78 is 11.7. The topological polar surface area (TPSA) is 50.8 Å². The first-order valence-electron chi connectivity index (χ1n) is 9.65. The van der Waals surface area contributed by atoms with E-state index in [1.54, 1.807) is 0 Å². The molecule has 0 saturated carbocycles. The number of carbonyl (C=O) groups is 1. The molecule has 1 aliphatic heterocycles. The van der Waals surface area contributed by atoms with Crippen LogP contribution in [-0.4, -0.2) is 44.1 Å². The zero-order valence-corrected chi connectivity index (χ0v) is 17.3. The van der Waals surface area contributed by atoms with Crippen LogP contribution in [0.1, 0.15) is 30.1 Å². The molecular formula is C22H29ClN2O3. The van der Waals surface area contributed by atoms with E-state index in [2.05, 4.69) is 5.32 Å². The van der Waals surface area contributed by atoms with E-state index in [1.807, 2.05) is 67.4 Å². The lowest BCUT2D eigenvalue weighted by Gasteiger charge is -2.32. The number of rotatable bonds is 7. The fraction of sp³-hybridized carbons (Fsp3) is 0.409. The Kier molecular flexibility index (Phi) is 8.61. The molecule has 0 aliphatic carbocycles. The first kappa shape index (κ1) is 22.1. The van der Waals surface area contributed by atoms with E-state index in [-0.39, 0.29) is 18.3 Å². The Morgan fingerprint density at radius 3 is 2.29 bits per heavy atom. The molecule has 2 aromatic rings. The van der Waals surface area contributed by atoms with E-state index < -0.39 is 0 Å². The van der Waals surface area contributed by atoms with Crippen LogP contribution in [0.2, 0.25) is 0 Å². The highest BCUT2D eigenvalue weighted by Gasteiger charge is 2.25. The van der Waals surface area contributed by atoms with Crippen LogP contribution >= 0.6 is 12.4 Å². The van der Waals surface area contributed by atoms with Gasteiger partial charge in [0.1, 0.15) is 5.75 Å². The number of para-hydroxylation sites is 3. The van der Waals surface area contributed by atoms with Crippen molar-refractivity contribution in [2.45, 2.75) is 19.8 Å². The number of hydrogen-bond donors (Lipinski definition) is 1. The van der Waals surface area contributed by atoms with Gasteiger partial charge in [-0.15, -0.1) is 12.4 Å². The third kappa shape index (κ3) is 5.40. The monoisotopic (exact) mass is 404 g/mol. The van der Waals surface area contributed by atoms with Gasteiger partial charge in [-0.1, -0.05) is 24.3 Å². The van der Waals surface area contributed by atoms with Gasteiger partial charge in [0.2, 0.25) is 0 Å². The van der Waals surface area contributed by atoms with E-state index in [1.165, 1.54) is 0 Å². The highest BCUT2D eigenvalue weighted by atomic mass is 35.5. The standard InChI is InChI=1S/C22H28N2O3.ClH/c1-3-26-20-10-6-7-11-21(20)27-19-9-5-4-8-18(19)22(25)24-14-12-17(13-15-24)16-23-2;/h4-11,17,23H,3,12-16H2,1-2H3;1H. The van der Waals surface area contributed by atoms with Crippen LogP contribution in [0, 0.1) is 5.92 Å². The van der Waals surface area contributed by atoms with Gasteiger partial charge in [0, 0.05) is 13.1 Å². The predicted molar refractivity (Wildman–Crippen MR) is 114 cm³/mol. The van der Waals surface area contributed by atoms with Gasteiger partial charge in [0.25, 0.3) is 5.91 Å². The molecule has 1 saturated heterocycles. The van der Waals surface area contributed by atoms with Gasteiger partial charge in [-0.25, -0.2) is 0 Å².